The van der Waals surface area contributed by atoms with E-state index >= 15 is 0 Å². The summed E-state index contributed by atoms with van der Waals surface area (Å²) in [4.78, 5) is 16.5. The minimum atomic E-state index is -3.57. The number of nitrogens with zero attached hydrogens (tertiary/aromatic N) is 2. The molecule has 30 heavy (non-hydrogen) atoms. The number of oxazole rings is 1. The van der Waals surface area contributed by atoms with Crippen molar-refractivity contribution in [2.45, 2.75) is 23.7 Å². The monoisotopic (exact) mass is 436 g/mol. The Morgan fingerprint density at radius 1 is 1.17 bits per heavy atom. The number of hydrogen-bond donors (Lipinski definition) is 1. The van der Waals surface area contributed by atoms with Crippen molar-refractivity contribution in [2.24, 2.45) is 0 Å². The maximum Gasteiger partial charge on any atom is 0.407 e. The molecule has 1 aliphatic rings. The Kier molecular flexibility index (Phi) is 4.97. The van der Waals surface area contributed by atoms with E-state index in [9.17, 15) is 22.0 Å². The van der Waals surface area contributed by atoms with Gasteiger partial charge < -0.3 is 14.4 Å². The van der Waals surface area contributed by atoms with Crippen molar-refractivity contribution >= 4 is 27.0 Å². The molecule has 1 aromatic heterocycles. The van der Waals surface area contributed by atoms with Crippen molar-refractivity contribution in [1.29, 1.82) is 0 Å². The molecule has 7 nitrogen and oxygen atoms in total. The van der Waals surface area contributed by atoms with Crippen molar-refractivity contribution in [3.05, 3.63) is 47.9 Å². The number of rotatable bonds is 3. The molecule has 1 fully saturated rings. The standard InChI is InChI=1S/C20H18F2N2O5S/c1-30(27,28)13-2-3-14(15(21)10-13)12-8-16(22)18-17(9-12)23-19(29-18)11-4-6-24(7-5-11)20(25)26/h2-3,8-11H,4-7H2,1H3,(H,25,26). The SMILES string of the molecule is CS(=O)(=O)c1ccc(-c2cc(F)c3oc(C4CCN(C(=O)O)CC4)nc3c2)c(F)c1. The summed E-state index contributed by atoms with van der Waals surface area (Å²) in [6, 6.07) is 6.05. The summed E-state index contributed by atoms with van der Waals surface area (Å²) in [5, 5.41) is 9.04. The number of amides is 1. The van der Waals surface area contributed by atoms with Crippen molar-refractivity contribution in [1.82, 2.24) is 9.88 Å². The number of benzene rings is 2. The normalized spacial score (nSPS) is 15.6. The quantitative estimate of drug-likeness (QED) is 0.665. The summed E-state index contributed by atoms with van der Waals surface area (Å²) < 4.78 is 57.9. The largest absolute Gasteiger partial charge is 0.465 e. The fourth-order valence-corrected chi connectivity index (χ4v) is 4.25. The summed E-state index contributed by atoms with van der Waals surface area (Å²) in [5.41, 5.74) is 0.412. The van der Waals surface area contributed by atoms with Crippen LogP contribution in [-0.2, 0) is 9.84 Å². The highest BCUT2D eigenvalue weighted by Crippen LogP contribution is 2.34. The van der Waals surface area contributed by atoms with Crippen LogP contribution >= 0.6 is 0 Å². The molecule has 0 bridgehead atoms. The molecule has 1 saturated heterocycles. The fourth-order valence-electron chi connectivity index (χ4n) is 3.62. The molecule has 0 aliphatic carbocycles. The number of sulfone groups is 1. The number of piperidine rings is 1. The second kappa shape index (κ2) is 7.35. The van der Waals surface area contributed by atoms with Gasteiger partial charge in [0.05, 0.1) is 4.90 Å². The zero-order valence-corrected chi connectivity index (χ0v) is 16.7. The third-order valence-electron chi connectivity index (χ3n) is 5.26. The second-order valence-corrected chi connectivity index (χ2v) is 9.33. The van der Waals surface area contributed by atoms with Gasteiger partial charge in [-0.25, -0.2) is 27.0 Å². The Balaban J connectivity index is 1.67. The van der Waals surface area contributed by atoms with Gasteiger partial charge in [0.25, 0.3) is 0 Å². The van der Waals surface area contributed by atoms with Crippen LogP contribution in [0.3, 0.4) is 0 Å². The number of fused-ring (bicyclic) bond motifs is 1. The highest BCUT2D eigenvalue weighted by atomic mass is 32.2. The van der Waals surface area contributed by atoms with Crippen LogP contribution in [0.5, 0.6) is 0 Å². The van der Waals surface area contributed by atoms with Gasteiger partial charge in [0.2, 0.25) is 0 Å². The number of halogens is 2. The van der Waals surface area contributed by atoms with E-state index in [0.29, 0.717) is 31.8 Å². The number of carboxylic acid groups (broad SMARTS) is 1. The minimum Gasteiger partial charge on any atom is -0.465 e. The summed E-state index contributed by atoms with van der Waals surface area (Å²) in [7, 11) is -3.57. The predicted molar refractivity (Wildman–Crippen MR) is 104 cm³/mol. The Bertz CT molecular complexity index is 1250. The molecule has 158 valence electrons. The second-order valence-electron chi connectivity index (χ2n) is 7.32. The van der Waals surface area contributed by atoms with Gasteiger partial charge in [0.15, 0.2) is 27.1 Å². The van der Waals surface area contributed by atoms with Crippen LogP contribution in [0.2, 0.25) is 0 Å². The molecular formula is C20H18F2N2O5S. The van der Waals surface area contributed by atoms with E-state index in [1.54, 1.807) is 0 Å². The molecule has 0 radical (unpaired) electrons. The Labute approximate surface area is 170 Å². The van der Waals surface area contributed by atoms with Crippen LogP contribution in [0, 0.1) is 11.6 Å². The van der Waals surface area contributed by atoms with Gasteiger partial charge >= 0.3 is 6.09 Å². The molecule has 0 atom stereocenters. The van der Waals surface area contributed by atoms with Gasteiger partial charge in [-0.05, 0) is 42.7 Å². The average Bonchev–Trinajstić information content (AvgIpc) is 3.12. The van der Waals surface area contributed by atoms with Gasteiger partial charge in [-0.2, -0.15) is 0 Å². The molecule has 0 saturated carbocycles. The van der Waals surface area contributed by atoms with E-state index in [0.717, 1.165) is 18.4 Å². The molecule has 10 heteroatoms. The molecule has 3 aromatic rings. The Morgan fingerprint density at radius 3 is 2.47 bits per heavy atom. The highest BCUT2D eigenvalue weighted by molar-refractivity contribution is 7.90. The lowest BCUT2D eigenvalue weighted by Crippen LogP contribution is -2.36. The first-order chi connectivity index (χ1) is 14.1. The summed E-state index contributed by atoms with van der Waals surface area (Å²) in [6.45, 7) is 0.675. The molecule has 2 aromatic carbocycles. The first kappa shape index (κ1) is 20.3. The number of likely N-dealkylation sites (tertiary alicyclic amines) is 1. The van der Waals surface area contributed by atoms with Gasteiger partial charge in [-0.3, -0.25) is 0 Å². The van der Waals surface area contributed by atoms with Crippen LogP contribution in [-0.4, -0.2) is 48.8 Å². The smallest absolute Gasteiger partial charge is 0.407 e. The predicted octanol–water partition coefficient (Wildman–Crippen LogP) is 4.03. The highest BCUT2D eigenvalue weighted by Gasteiger charge is 2.27. The van der Waals surface area contributed by atoms with Gasteiger partial charge in [-0.1, -0.05) is 6.07 Å². The summed E-state index contributed by atoms with van der Waals surface area (Å²) in [5.74, 6) is -1.32. The average molecular weight is 436 g/mol. The zero-order valence-electron chi connectivity index (χ0n) is 15.9. The number of carbonyl (C=O) groups is 1. The molecule has 1 N–H and O–H groups in total. The van der Waals surface area contributed by atoms with Crippen LogP contribution in [0.25, 0.3) is 22.2 Å². The van der Waals surface area contributed by atoms with Crippen molar-refractivity contribution in [3.63, 3.8) is 0 Å². The van der Waals surface area contributed by atoms with E-state index < -0.39 is 27.6 Å². The van der Waals surface area contributed by atoms with E-state index in [4.69, 9.17) is 9.52 Å². The summed E-state index contributed by atoms with van der Waals surface area (Å²) in [6.07, 6.45) is 1.01. The van der Waals surface area contributed by atoms with Crippen molar-refractivity contribution in [3.8, 4) is 11.1 Å². The maximum atomic E-state index is 14.6. The zero-order chi connectivity index (χ0) is 21.6. The third kappa shape index (κ3) is 3.74. The first-order valence-electron chi connectivity index (χ1n) is 9.21. The third-order valence-corrected chi connectivity index (χ3v) is 6.37. The molecule has 1 amide bonds. The fraction of sp³-hybridized carbons (Fsp3) is 0.300. The first-order valence-corrected chi connectivity index (χ1v) is 11.1. The van der Waals surface area contributed by atoms with Crippen LogP contribution in [0.15, 0.2) is 39.6 Å². The number of hydrogen-bond acceptors (Lipinski definition) is 5. The molecule has 4 rings (SSSR count). The van der Waals surface area contributed by atoms with Crippen molar-refractivity contribution in [2.75, 3.05) is 19.3 Å². The summed E-state index contributed by atoms with van der Waals surface area (Å²) >= 11 is 0. The van der Waals surface area contributed by atoms with E-state index in [1.165, 1.54) is 23.1 Å². The molecule has 1 aliphatic heterocycles. The molecular weight excluding hydrogens is 418 g/mol. The maximum absolute atomic E-state index is 14.6. The van der Waals surface area contributed by atoms with Crippen molar-refractivity contribution < 1.29 is 31.5 Å². The van der Waals surface area contributed by atoms with E-state index in [2.05, 4.69) is 4.98 Å². The minimum absolute atomic E-state index is 0.0440. The topological polar surface area (TPSA) is 101 Å². The Hall–Kier alpha value is -3.01. The molecule has 2 heterocycles. The van der Waals surface area contributed by atoms with Gasteiger partial charge in [-0.15, -0.1) is 0 Å². The van der Waals surface area contributed by atoms with E-state index in [-0.39, 0.29) is 33.0 Å². The number of aromatic nitrogens is 1. The van der Waals surface area contributed by atoms with E-state index in [1.807, 2.05) is 0 Å². The molecule has 0 spiro atoms. The van der Waals surface area contributed by atoms with Gasteiger partial charge in [0, 0.05) is 30.8 Å². The van der Waals surface area contributed by atoms with Crippen LogP contribution in [0.1, 0.15) is 24.7 Å². The molecule has 0 unspecified atom stereocenters. The lowest BCUT2D eigenvalue weighted by Gasteiger charge is -2.28. The van der Waals surface area contributed by atoms with Crippen LogP contribution < -0.4 is 0 Å². The van der Waals surface area contributed by atoms with Crippen LogP contribution in [0.4, 0.5) is 13.6 Å². The lowest BCUT2D eigenvalue weighted by atomic mass is 9.97. The van der Waals surface area contributed by atoms with Gasteiger partial charge in [0.1, 0.15) is 11.3 Å². The Morgan fingerprint density at radius 2 is 1.87 bits per heavy atom. The lowest BCUT2D eigenvalue weighted by molar-refractivity contribution is 0.129.